The minimum absolute atomic E-state index is 0.100. The van der Waals surface area contributed by atoms with Gasteiger partial charge in [0.05, 0.1) is 18.7 Å². The van der Waals surface area contributed by atoms with Crippen LogP contribution in [0.3, 0.4) is 0 Å². The first-order chi connectivity index (χ1) is 8.72. The lowest BCUT2D eigenvalue weighted by molar-refractivity contribution is 0.0991. The lowest BCUT2D eigenvalue weighted by Crippen LogP contribution is -2.05. The van der Waals surface area contributed by atoms with Crippen LogP contribution in [0.4, 0.5) is 0 Å². The van der Waals surface area contributed by atoms with Crippen molar-refractivity contribution in [2.24, 2.45) is 7.05 Å². The number of rotatable bonds is 3. The highest BCUT2D eigenvalue weighted by Gasteiger charge is 2.15. The number of aryl methyl sites for hydroxylation is 1. The fourth-order valence-corrected chi connectivity index (χ4v) is 2.18. The normalized spacial score (nSPS) is 13.2. The molecule has 4 nitrogen and oxygen atoms in total. The van der Waals surface area contributed by atoms with Crippen molar-refractivity contribution in [2.45, 2.75) is 12.8 Å². The zero-order chi connectivity index (χ0) is 12.5. The third-order valence-electron chi connectivity index (χ3n) is 3.12. The van der Waals surface area contributed by atoms with Crippen LogP contribution in [0.2, 0.25) is 0 Å². The molecule has 92 valence electrons. The van der Waals surface area contributed by atoms with Gasteiger partial charge in [0.25, 0.3) is 0 Å². The summed E-state index contributed by atoms with van der Waals surface area (Å²) in [6.45, 7) is 0.715. The van der Waals surface area contributed by atoms with E-state index < -0.39 is 0 Å². The fourth-order valence-electron chi connectivity index (χ4n) is 2.18. The van der Waals surface area contributed by atoms with Crippen LogP contribution in [0.25, 0.3) is 0 Å². The maximum absolute atomic E-state index is 12.1. The molecule has 0 fully saturated rings. The number of nitrogens with zero attached hydrogens (tertiary/aromatic N) is 2. The van der Waals surface area contributed by atoms with Gasteiger partial charge >= 0.3 is 0 Å². The van der Waals surface area contributed by atoms with Crippen molar-refractivity contribution in [2.75, 3.05) is 6.61 Å². The molecule has 1 aliphatic rings. The maximum atomic E-state index is 12.1. The predicted octanol–water partition coefficient (Wildman–Crippen LogP) is 1.78. The summed E-state index contributed by atoms with van der Waals surface area (Å²) in [4.78, 5) is 12.1. The van der Waals surface area contributed by atoms with Gasteiger partial charge in [-0.1, -0.05) is 0 Å². The smallest absolute Gasteiger partial charge is 0.168 e. The summed E-state index contributed by atoms with van der Waals surface area (Å²) in [5.74, 6) is 1.01. The molecule has 0 saturated carbocycles. The predicted molar refractivity (Wildman–Crippen MR) is 66.9 cm³/mol. The quantitative estimate of drug-likeness (QED) is 0.771. The molecule has 2 heterocycles. The number of hydrogen-bond donors (Lipinski definition) is 0. The van der Waals surface area contributed by atoms with E-state index in [0.29, 0.717) is 13.0 Å². The highest BCUT2D eigenvalue weighted by atomic mass is 16.5. The summed E-state index contributed by atoms with van der Waals surface area (Å²) in [6.07, 6.45) is 3.08. The SMILES string of the molecule is Cn1ccc(CC(=O)c2ccc3c(c2)CCO3)n1. The van der Waals surface area contributed by atoms with Crippen LogP contribution in [0.5, 0.6) is 5.75 Å². The van der Waals surface area contributed by atoms with E-state index in [1.165, 1.54) is 0 Å². The molecular weight excluding hydrogens is 228 g/mol. The second-order valence-corrected chi connectivity index (χ2v) is 4.50. The standard InChI is InChI=1S/C14H14N2O2/c1-16-6-4-12(15-16)9-13(17)10-2-3-14-11(8-10)5-7-18-14/h2-4,6,8H,5,7,9H2,1H3. The third-order valence-corrected chi connectivity index (χ3v) is 3.12. The van der Waals surface area contributed by atoms with Gasteiger partial charge in [-0.3, -0.25) is 9.48 Å². The molecule has 0 amide bonds. The Morgan fingerprint density at radius 3 is 3.11 bits per heavy atom. The van der Waals surface area contributed by atoms with E-state index in [0.717, 1.165) is 29.0 Å². The average Bonchev–Trinajstić information content (AvgIpc) is 2.96. The summed E-state index contributed by atoms with van der Waals surface area (Å²) >= 11 is 0. The minimum atomic E-state index is 0.100. The van der Waals surface area contributed by atoms with Crippen LogP contribution in [-0.2, 0) is 19.9 Å². The Hall–Kier alpha value is -2.10. The Bertz CT molecular complexity index is 602. The van der Waals surface area contributed by atoms with Gasteiger partial charge in [0.15, 0.2) is 5.78 Å². The fraction of sp³-hybridized carbons (Fsp3) is 0.286. The van der Waals surface area contributed by atoms with Gasteiger partial charge in [0, 0.05) is 25.2 Å². The summed E-state index contributed by atoms with van der Waals surface area (Å²) in [6, 6.07) is 7.52. The molecule has 18 heavy (non-hydrogen) atoms. The number of ether oxygens (including phenoxy) is 1. The number of fused-ring (bicyclic) bond motifs is 1. The van der Waals surface area contributed by atoms with Crippen LogP contribution >= 0.6 is 0 Å². The van der Waals surface area contributed by atoms with E-state index in [9.17, 15) is 4.79 Å². The maximum Gasteiger partial charge on any atom is 0.168 e. The first-order valence-electron chi connectivity index (χ1n) is 6.00. The molecule has 4 heteroatoms. The number of carbonyl (C=O) groups excluding carboxylic acids is 1. The third kappa shape index (κ3) is 2.01. The summed E-state index contributed by atoms with van der Waals surface area (Å²) in [5, 5.41) is 4.22. The van der Waals surface area contributed by atoms with E-state index in [1.807, 2.05) is 37.5 Å². The van der Waals surface area contributed by atoms with Crippen molar-refractivity contribution in [3.63, 3.8) is 0 Å². The average molecular weight is 242 g/mol. The molecule has 0 N–H and O–H groups in total. The minimum Gasteiger partial charge on any atom is -0.493 e. The van der Waals surface area contributed by atoms with Gasteiger partial charge in [-0.25, -0.2) is 0 Å². The van der Waals surface area contributed by atoms with Gasteiger partial charge in [0.2, 0.25) is 0 Å². The second kappa shape index (κ2) is 4.29. The van der Waals surface area contributed by atoms with Crippen LogP contribution in [0, 0.1) is 0 Å². The van der Waals surface area contributed by atoms with Gasteiger partial charge in [-0.05, 0) is 29.8 Å². The Morgan fingerprint density at radius 2 is 2.33 bits per heavy atom. The largest absolute Gasteiger partial charge is 0.493 e. The Kier molecular flexibility index (Phi) is 2.63. The van der Waals surface area contributed by atoms with Crippen molar-refractivity contribution in [3.8, 4) is 5.75 Å². The van der Waals surface area contributed by atoms with E-state index in [-0.39, 0.29) is 5.78 Å². The lowest BCUT2D eigenvalue weighted by Gasteiger charge is -2.02. The number of ketones is 1. The molecular formula is C14H14N2O2. The molecule has 1 aromatic heterocycles. The molecule has 2 aromatic rings. The van der Waals surface area contributed by atoms with Crippen LogP contribution in [0.15, 0.2) is 30.5 Å². The molecule has 0 saturated heterocycles. The Balaban J connectivity index is 1.80. The molecule has 0 bridgehead atoms. The van der Waals surface area contributed by atoms with Crippen molar-refractivity contribution in [1.82, 2.24) is 9.78 Å². The Morgan fingerprint density at radius 1 is 1.44 bits per heavy atom. The molecule has 0 unspecified atom stereocenters. The summed E-state index contributed by atoms with van der Waals surface area (Å²) in [5.41, 5.74) is 2.67. The number of aromatic nitrogens is 2. The molecule has 3 rings (SSSR count). The van der Waals surface area contributed by atoms with Gasteiger partial charge in [0.1, 0.15) is 5.75 Å². The zero-order valence-corrected chi connectivity index (χ0v) is 10.2. The van der Waals surface area contributed by atoms with Crippen molar-refractivity contribution >= 4 is 5.78 Å². The first-order valence-corrected chi connectivity index (χ1v) is 6.00. The van der Waals surface area contributed by atoms with Crippen LogP contribution < -0.4 is 4.74 Å². The van der Waals surface area contributed by atoms with Gasteiger partial charge < -0.3 is 4.74 Å². The van der Waals surface area contributed by atoms with Crippen molar-refractivity contribution in [3.05, 3.63) is 47.3 Å². The van der Waals surface area contributed by atoms with Crippen molar-refractivity contribution in [1.29, 1.82) is 0 Å². The van der Waals surface area contributed by atoms with E-state index in [1.54, 1.807) is 4.68 Å². The second-order valence-electron chi connectivity index (χ2n) is 4.50. The Labute approximate surface area is 105 Å². The number of benzene rings is 1. The molecule has 0 spiro atoms. The van der Waals surface area contributed by atoms with E-state index in [2.05, 4.69) is 5.10 Å². The van der Waals surface area contributed by atoms with E-state index in [4.69, 9.17) is 4.74 Å². The zero-order valence-electron chi connectivity index (χ0n) is 10.2. The summed E-state index contributed by atoms with van der Waals surface area (Å²) in [7, 11) is 1.85. The number of carbonyl (C=O) groups is 1. The number of Topliss-reactive ketones (excluding diaryl/α,β-unsaturated/α-hetero) is 1. The van der Waals surface area contributed by atoms with Crippen LogP contribution in [-0.4, -0.2) is 22.2 Å². The molecule has 0 aliphatic carbocycles. The summed E-state index contributed by atoms with van der Waals surface area (Å²) < 4.78 is 7.14. The lowest BCUT2D eigenvalue weighted by atomic mass is 10.0. The van der Waals surface area contributed by atoms with Gasteiger partial charge in [-0.15, -0.1) is 0 Å². The van der Waals surface area contributed by atoms with Crippen LogP contribution in [0.1, 0.15) is 21.6 Å². The number of hydrogen-bond acceptors (Lipinski definition) is 3. The molecule has 0 atom stereocenters. The molecule has 1 aromatic carbocycles. The first kappa shape index (κ1) is 11.0. The molecule has 0 radical (unpaired) electrons. The highest BCUT2D eigenvalue weighted by Crippen LogP contribution is 2.26. The monoisotopic (exact) mass is 242 g/mol. The van der Waals surface area contributed by atoms with Gasteiger partial charge in [-0.2, -0.15) is 5.10 Å². The highest BCUT2D eigenvalue weighted by molar-refractivity contribution is 5.97. The van der Waals surface area contributed by atoms with Crippen molar-refractivity contribution < 1.29 is 9.53 Å². The topological polar surface area (TPSA) is 44.1 Å². The molecule has 1 aliphatic heterocycles. The van der Waals surface area contributed by atoms with E-state index >= 15 is 0 Å².